The Labute approximate surface area is 229 Å². The molecule has 1 unspecified atom stereocenters. The normalized spacial score (nSPS) is 12.3. The quantitative estimate of drug-likeness (QED) is 0.311. The fourth-order valence-corrected chi connectivity index (χ4v) is 5.15. The summed E-state index contributed by atoms with van der Waals surface area (Å²) in [5.74, 6) is 1.30. The molecule has 0 saturated carbocycles. The molecular formula is C30H28N8O2. The Bertz CT molecular complexity index is 1900. The highest BCUT2D eigenvalue weighted by Crippen LogP contribution is 2.30. The van der Waals surface area contributed by atoms with E-state index in [9.17, 15) is 9.59 Å². The topological polar surface area (TPSA) is 127 Å². The predicted octanol–water partition coefficient (Wildman–Crippen LogP) is 4.51. The Hall–Kier alpha value is -5.12. The molecule has 0 aliphatic heterocycles. The summed E-state index contributed by atoms with van der Waals surface area (Å²) in [7, 11) is 0. The molecule has 1 atom stereocenters. The van der Waals surface area contributed by atoms with E-state index >= 15 is 0 Å². The Morgan fingerprint density at radius 1 is 0.850 bits per heavy atom. The van der Waals surface area contributed by atoms with E-state index < -0.39 is 11.7 Å². The van der Waals surface area contributed by atoms with Crippen molar-refractivity contribution in [2.45, 2.75) is 39.3 Å². The lowest BCUT2D eigenvalue weighted by Crippen LogP contribution is -2.38. The molecule has 0 aliphatic carbocycles. The van der Waals surface area contributed by atoms with Crippen molar-refractivity contribution in [2.75, 3.05) is 0 Å². The third-order valence-corrected chi connectivity index (χ3v) is 7.17. The van der Waals surface area contributed by atoms with Gasteiger partial charge in [-0.25, -0.2) is 9.78 Å². The van der Waals surface area contributed by atoms with Crippen molar-refractivity contribution in [1.29, 1.82) is 0 Å². The van der Waals surface area contributed by atoms with Crippen molar-refractivity contribution in [2.24, 2.45) is 0 Å². The summed E-state index contributed by atoms with van der Waals surface area (Å²) in [6.45, 7) is 6.34. The van der Waals surface area contributed by atoms with Gasteiger partial charge in [0.05, 0.1) is 6.04 Å². The van der Waals surface area contributed by atoms with Crippen molar-refractivity contribution in [3.8, 4) is 22.5 Å². The van der Waals surface area contributed by atoms with Gasteiger partial charge < -0.3 is 4.57 Å². The molecule has 0 spiro atoms. The fourth-order valence-electron chi connectivity index (χ4n) is 5.15. The van der Waals surface area contributed by atoms with E-state index in [4.69, 9.17) is 0 Å². The molecule has 0 amide bonds. The Balaban J connectivity index is 1.41. The van der Waals surface area contributed by atoms with Gasteiger partial charge in [-0.15, -0.1) is 10.2 Å². The molecule has 0 bridgehead atoms. The van der Waals surface area contributed by atoms with E-state index in [0.29, 0.717) is 23.5 Å². The molecular weight excluding hydrogens is 504 g/mol. The third-order valence-electron chi connectivity index (χ3n) is 7.17. The molecule has 10 nitrogen and oxygen atoms in total. The first-order valence-corrected chi connectivity index (χ1v) is 13.1. The van der Waals surface area contributed by atoms with Crippen LogP contribution in [0.3, 0.4) is 0 Å². The van der Waals surface area contributed by atoms with Crippen molar-refractivity contribution >= 4 is 11.2 Å². The highest BCUT2D eigenvalue weighted by Gasteiger charge is 2.22. The van der Waals surface area contributed by atoms with Gasteiger partial charge in [-0.2, -0.15) is 5.21 Å². The van der Waals surface area contributed by atoms with Crippen LogP contribution in [0, 0.1) is 0 Å². The number of hydrogen-bond acceptors (Lipinski definition) is 6. The summed E-state index contributed by atoms with van der Waals surface area (Å²) in [5.41, 5.74) is 4.60. The van der Waals surface area contributed by atoms with E-state index in [2.05, 4.69) is 30.6 Å². The standard InChI is InChI=1S/C30H28N8O2/c1-18(2)28-31-27-25(29(39)38(30(40)32-27)19(3)21-9-5-4-6-10-21)37(28)17-20-13-15-22(16-14-20)23-11-7-8-12-24(23)26-33-35-36-34-26/h4-16,18-19H,17H2,1-3H3,(H,32,40)(H,33,34,35,36). The number of H-pyrrole nitrogens is 2. The van der Waals surface area contributed by atoms with Gasteiger partial charge in [-0.05, 0) is 34.4 Å². The summed E-state index contributed by atoms with van der Waals surface area (Å²) >= 11 is 0. The monoisotopic (exact) mass is 532 g/mol. The maximum Gasteiger partial charge on any atom is 0.330 e. The van der Waals surface area contributed by atoms with Gasteiger partial charge in [-0.1, -0.05) is 92.7 Å². The van der Waals surface area contributed by atoms with E-state index in [-0.39, 0.29) is 11.5 Å². The van der Waals surface area contributed by atoms with Crippen LogP contribution < -0.4 is 11.2 Å². The van der Waals surface area contributed by atoms with Gasteiger partial charge in [0.2, 0.25) is 5.82 Å². The van der Waals surface area contributed by atoms with E-state index in [0.717, 1.165) is 33.6 Å². The second-order valence-electron chi connectivity index (χ2n) is 10.1. The van der Waals surface area contributed by atoms with Crippen LogP contribution in [0.25, 0.3) is 33.7 Å². The number of nitrogens with zero attached hydrogens (tertiary/aromatic N) is 6. The first kappa shape index (κ1) is 25.2. The molecule has 10 heteroatoms. The molecule has 6 aromatic rings. The van der Waals surface area contributed by atoms with Crippen LogP contribution in [0.1, 0.15) is 49.7 Å². The minimum absolute atomic E-state index is 0.0383. The van der Waals surface area contributed by atoms with Crippen LogP contribution in [-0.4, -0.2) is 39.7 Å². The first-order valence-electron chi connectivity index (χ1n) is 13.1. The van der Waals surface area contributed by atoms with Gasteiger partial charge >= 0.3 is 5.69 Å². The van der Waals surface area contributed by atoms with Crippen LogP contribution in [-0.2, 0) is 6.54 Å². The number of aromatic nitrogens is 8. The zero-order valence-electron chi connectivity index (χ0n) is 22.4. The van der Waals surface area contributed by atoms with E-state index in [1.54, 1.807) is 0 Å². The lowest BCUT2D eigenvalue weighted by Gasteiger charge is -2.16. The minimum Gasteiger partial charge on any atom is -0.317 e. The van der Waals surface area contributed by atoms with Gasteiger partial charge in [0.25, 0.3) is 5.56 Å². The zero-order valence-corrected chi connectivity index (χ0v) is 22.4. The summed E-state index contributed by atoms with van der Waals surface area (Å²) in [5, 5.41) is 14.5. The lowest BCUT2D eigenvalue weighted by atomic mass is 9.98. The summed E-state index contributed by atoms with van der Waals surface area (Å²) < 4.78 is 3.20. The van der Waals surface area contributed by atoms with Crippen molar-refractivity contribution in [3.63, 3.8) is 0 Å². The highest BCUT2D eigenvalue weighted by atomic mass is 16.2. The molecule has 40 heavy (non-hydrogen) atoms. The van der Waals surface area contributed by atoms with Gasteiger partial charge in [0.15, 0.2) is 11.2 Å². The number of benzene rings is 3. The van der Waals surface area contributed by atoms with Crippen LogP contribution >= 0.6 is 0 Å². The fraction of sp³-hybridized carbons (Fsp3) is 0.200. The second kappa shape index (κ2) is 10.2. The summed E-state index contributed by atoms with van der Waals surface area (Å²) in [4.78, 5) is 34.4. The number of nitrogens with one attached hydrogen (secondary N) is 2. The largest absolute Gasteiger partial charge is 0.330 e. The molecule has 2 N–H and O–H groups in total. The second-order valence-corrected chi connectivity index (χ2v) is 10.1. The predicted molar refractivity (Wildman–Crippen MR) is 153 cm³/mol. The molecule has 200 valence electrons. The smallest absolute Gasteiger partial charge is 0.317 e. The van der Waals surface area contributed by atoms with Crippen molar-refractivity contribution in [1.82, 2.24) is 39.7 Å². The average molecular weight is 533 g/mol. The summed E-state index contributed by atoms with van der Waals surface area (Å²) in [6.07, 6.45) is 0. The summed E-state index contributed by atoms with van der Waals surface area (Å²) in [6, 6.07) is 25.1. The molecule has 3 aromatic heterocycles. The van der Waals surface area contributed by atoms with Crippen LogP contribution in [0.5, 0.6) is 0 Å². The molecule has 0 fully saturated rings. The number of fused-ring (bicyclic) bond motifs is 1. The van der Waals surface area contributed by atoms with E-state index in [1.165, 1.54) is 4.57 Å². The highest BCUT2D eigenvalue weighted by molar-refractivity contribution is 5.80. The first-order chi connectivity index (χ1) is 19.4. The Morgan fingerprint density at radius 2 is 1.55 bits per heavy atom. The lowest BCUT2D eigenvalue weighted by molar-refractivity contribution is 0.581. The molecule has 0 saturated heterocycles. The van der Waals surface area contributed by atoms with Gasteiger partial charge in [0, 0.05) is 18.0 Å². The minimum atomic E-state index is -0.474. The molecule has 3 aromatic carbocycles. The molecule has 0 radical (unpaired) electrons. The van der Waals surface area contributed by atoms with Crippen LogP contribution in [0.4, 0.5) is 0 Å². The molecule has 3 heterocycles. The Morgan fingerprint density at radius 3 is 2.23 bits per heavy atom. The average Bonchev–Trinajstić information content (AvgIpc) is 3.63. The molecule has 0 aliphatic rings. The van der Waals surface area contributed by atoms with E-state index in [1.807, 2.05) is 104 Å². The van der Waals surface area contributed by atoms with Gasteiger partial charge in [0.1, 0.15) is 5.82 Å². The Kier molecular flexibility index (Phi) is 6.43. The number of aromatic amines is 2. The third kappa shape index (κ3) is 4.43. The SMILES string of the molecule is CC(C)c1nc2[nH]c(=O)n(C(C)c3ccccc3)c(=O)c2n1Cc1ccc(-c2ccccc2-c2nn[nH]n2)cc1. The molecule has 6 rings (SSSR count). The number of tetrazole rings is 1. The van der Waals surface area contributed by atoms with Crippen molar-refractivity contribution < 1.29 is 0 Å². The maximum atomic E-state index is 13.9. The number of hydrogen-bond donors (Lipinski definition) is 2. The van der Waals surface area contributed by atoms with Crippen molar-refractivity contribution in [3.05, 3.63) is 117 Å². The van der Waals surface area contributed by atoms with Crippen LogP contribution in [0.2, 0.25) is 0 Å². The zero-order chi connectivity index (χ0) is 27.8. The van der Waals surface area contributed by atoms with Crippen LogP contribution in [0.15, 0.2) is 88.5 Å². The number of imidazole rings is 1. The maximum absolute atomic E-state index is 13.9. The number of rotatable bonds is 7. The van der Waals surface area contributed by atoms with Gasteiger partial charge in [-0.3, -0.25) is 14.3 Å².